The van der Waals surface area contributed by atoms with Crippen LogP contribution in [0.4, 0.5) is 0 Å². The van der Waals surface area contributed by atoms with E-state index >= 15 is 0 Å². The number of carboxylic acid groups (broad SMARTS) is 1. The summed E-state index contributed by atoms with van der Waals surface area (Å²) in [7, 11) is 0. The molecule has 1 aromatic carbocycles. The SMILES string of the molecule is O=C(O)C1CC(NC(=O)C2(c3cccc(Cl)c3)CC2)C1. The maximum absolute atomic E-state index is 12.4. The lowest BCUT2D eigenvalue weighted by molar-refractivity contribution is -0.146. The minimum atomic E-state index is -0.772. The van der Waals surface area contributed by atoms with Gasteiger partial charge in [0.05, 0.1) is 11.3 Å². The van der Waals surface area contributed by atoms with Crippen LogP contribution in [0.5, 0.6) is 0 Å². The van der Waals surface area contributed by atoms with Crippen molar-refractivity contribution in [3.8, 4) is 0 Å². The lowest BCUT2D eigenvalue weighted by Crippen LogP contribution is -2.49. The van der Waals surface area contributed by atoms with Crippen LogP contribution in [-0.2, 0) is 15.0 Å². The summed E-state index contributed by atoms with van der Waals surface area (Å²) in [6.07, 6.45) is 2.72. The smallest absolute Gasteiger partial charge is 0.306 e. The van der Waals surface area contributed by atoms with Gasteiger partial charge in [-0.25, -0.2) is 0 Å². The van der Waals surface area contributed by atoms with E-state index in [-0.39, 0.29) is 17.9 Å². The molecule has 0 heterocycles. The van der Waals surface area contributed by atoms with Crippen LogP contribution in [0.15, 0.2) is 24.3 Å². The van der Waals surface area contributed by atoms with E-state index < -0.39 is 11.4 Å². The Morgan fingerprint density at radius 2 is 2.00 bits per heavy atom. The molecule has 5 heteroatoms. The Kier molecular flexibility index (Phi) is 3.21. The quantitative estimate of drug-likeness (QED) is 0.895. The van der Waals surface area contributed by atoms with Crippen LogP contribution < -0.4 is 5.32 Å². The van der Waals surface area contributed by atoms with Crippen LogP contribution in [0.1, 0.15) is 31.2 Å². The van der Waals surface area contributed by atoms with Crippen LogP contribution in [-0.4, -0.2) is 23.0 Å². The number of carboxylic acids is 1. The van der Waals surface area contributed by atoms with Gasteiger partial charge in [0.1, 0.15) is 0 Å². The van der Waals surface area contributed by atoms with Gasteiger partial charge in [0.25, 0.3) is 0 Å². The lowest BCUT2D eigenvalue weighted by Gasteiger charge is -2.34. The fourth-order valence-corrected chi connectivity index (χ4v) is 3.01. The molecule has 0 atom stereocenters. The number of carbonyl (C=O) groups is 2. The van der Waals surface area contributed by atoms with E-state index in [9.17, 15) is 9.59 Å². The van der Waals surface area contributed by atoms with Gasteiger partial charge < -0.3 is 10.4 Å². The number of halogens is 1. The van der Waals surface area contributed by atoms with Crippen LogP contribution in [0.2, 0.25) is 5.02 Å². The average Bonchev–Trinajstić information content (AvgIpc) is 3.13. The number of hydrogen-bond acceptors (Lipinski definition) is 2. The summed E-state index contributed by atoms with van der Waals surface area (Å²) in [5, 5.41) is 12.5. The summed E-state index contributed by atoms with van der Waals surface area (Å²) in [6, 6.07) is 7.42. The molecule has 2 aliphatic carbocycles. The first-order valence-corrected chi connectivity index (χ1v) is 7.19. The molecule has 2 aliphatic rings. The topological polar surface area (TPSA) is 66.4 Å². The van der Waals surface area contributed by atoms with Crippen molar-refractivity contribution in [2.24, 2.45) is 5.92 Å². The van der Waals surface area contributed by atoms with Crippen molar-refractivity contribution in [2.75, 3.05) is 0 Å². The predicted octanol–water partition coefficient (Wildman–Crippen LogP) is 2.35. The zero-order valence-corrected chi connectivity index (χ0v) is 11.7. The predicted molar refractivity (Wildman–Crippen MR) is 74.7 cm³/mol. The van der Waals surface area contributed by atoms with Gasteiger partial charge >= 0.3 is 5.97 Å². The molecule has 0 radical (unpaired) electrons. The third kappa shape index (κ3) is 2.29. The molecule has 0 aliphatic heterocycles. The van der Waals surface area contributed by atoms with E-state index in [0.29, 0.717) is 17.9 Å². The highest BCUT2D eigenvalue weighted by Crippen LogP contribution is 2.49. The molecule has 0 unspecified atom stereocenters. The Hall–Kier alpha value is -1.55. The third-order valence-corrected chi connectivity index (χ3v) is 4.62. The highest BCUT2D eigenvalue weighted by atomic mass is 35.5. The van der Waals surface area contributed by atoms with Crippen LogP contribution in [0.25, 0.3) is 0 Å². The lowest BCUT2D eigenvalue weighted by atomic mass is 9.80. The molecule has 0 aromatic heterocycles. The molecule has 0 bridgehead atoms. The van der Waals surface area contributed by atoms with E-state index in [1.807, 2.05) is 18.2 Å². The second-order valence-electron chi connectivity index (χ2n) is 5.77. The number of rotatable bonds is 4. The Labute approximate surface area is 122 Å². The van der Waals surface area contributed by atoms with E-state index in [1.54, 1.807) is 6.07 Å². The van der Waals surface area contributed by atoms with Gasteiger partial charge in [-0.1, -0.05) is 23.7 Å². The molecule has 106 valence electrons. The number of carbonyl (C=O) groups excluding carboxylic acids is 1. The van der Waals surface area contributed by atoms with Gasteiger partial charge in [-0.05, 0) is 43.4 Å². The molecule has 1 amide bonds. The Morgan fingerprint density at radius 3 is 2.55 bits per heavy atom. The van der Waals surface area contributed by atoms with Crippen molar-refractivity contribution in [1.82, 2.24) is 5.32 Å². The number of aliphatic carboxylic acids is 1. The van der Waals surface area contributed by atoms with Crippen LogP contribution in [0, 0.1) is 5.92 Å². The molecule has 3 rings (SSSR count). The van der Waals surface area contributed by atoms with E-state index in [2.05, 4.69) is 5.32 Å². The van der Waals surface area contributed by atoms with Gasteiger partial charge in [-0.15, -0.1) is 0 Å². The molecule has 0 spiro atoms. The van der Waals surface area contributed by atoms with Gasteiger partial charge in [0.2, 0.25) is 5.91 Å². The summed E-state index contributed by atoms with van der Waals surface area (Å²) in [5.41, 5.74) is 0.510. The zero-order chi connectivity index (χ0) is 14.3. The summed E-state index contributed by atoms with van der Waals surface area (Å²) in [5.74, 6) is -1.07. The standard InChI is InChI=1S/C15H16ClNO3/c16-11-3-1-2-10(8-11)15(4-5-15)14(20)17-12-6-9(7-12)13(18)19/h1-3,8-9,12H,4-7H2,(H,17,20)(H,18,19). The van der Waals surface area contributed by atoms with Gasteiger partial charge in [-0.3, -0.25) is 9.59 Å². The molecular weight excluding hydrogens is 278 g/mol. The zero-order valence-electron chi connectivity index (χ0n) is 10.9. The van der Waals surface area contributed by atoms with Crippen molar-refractivity contribution in [2.45, 2.75) is 37.1 Å². The summed E-state index contributed by atoms with van der Waals surface area (Å²) in [4.78, 5) is 23.2. The fraction of sp³-hybridized carbons (Fsp3) is 0.467. The maximum atomic E-state index is 12.4. The second-order valence-corrected chi connectivity index (χ2v) is 6.21. The van der Waals surface area contributed by atoms with Crippen LogP contribution in [0.3, 0.4) is 0 Å². The second kappa shape index (κ2) is 4.77. The van der Waals surface area contributed by atoms with E-state index in [4.69, 9.17) is 16.7 Å². The normalized spacial score (nSPS) is 26.4. The van der Waals surface area contributed by atoms with Gasteiger partial charge in [-0.2, -0.15) is 0 Å². The maximum Gasteiger partial charge on any atom is 0.306 e. The first kappa shape index (κ1) is 13.4. The molecule has 2 saturated carbocycles. The Bertz CT molecular complexity index is 562. The highest BCUT2D eigenvalue weighted by molar-refractivity contribution is 6.30. The van der Waals surface area contributed by atoms with Crippen LogP contribution >= 0.6 is 11.6 Å². The van der Waals surface area contributed by atoms with Gasteiger partial charge in [0, 0.05) is 11.1 Å². The monoisotopic (exact) mass is 293 g/mol. The van der Waals surface area contributed by atoms with Crippen molar-refractivity contribution in [1.29, 1.82) is 0 Å². The number of nitrogens with one attached hydrogen (secondary N) is 1. The molecule has 20 heavy (non-hydrogen) atoms. The minimum absolute atomic E-state index is 0.000240. The number of hydrogen-bond donors (Lipinski definition) is 2. The molecule has 2 N–H and O–H groups in total. The van der Waals surface area contributed by atoms with Crippen molar-refractivity contribution >= 4 is 23.5 Å². The number of benzene rings is 1. The molecule has 4 nitrogen and oxygen atoms in total. The van der Waals surface area contributed by atoms with Crippen molar-refractivity contribution in [3.05, 3.63) is 34.9 Å². The molecule has 0 saturated heterocycles. The Morgan fingerprint density at radius 1 is 1.30 bits per heavy atom. The van der Waals surface area contributed by atoms with Crippen molar-refractivity contribution < 1.29 is 14.7 Å². The molecular formula is C15H16ClNO3. The average molecular weight is 294 g/mol. The first-order valence-electron chi connectivity index (χ1n) is 6.81. The molecule has 1 aromatic rings. The first-order chi connectivity index (χ1) is 9.51. The summed E-state index contributed by atoms with van der Waals surface area (Å²) < 4.78 is 0. The third-order valence-electron chi connectivity index (χ3n) is 4.38. The van der Waals surface area contributed by atoms with Gasteiger partial charge in [0.15, 0.2) is 0 Å². The highest BCUT2D eigenvalue weighted by Gasteiger charge is 2.52. The summed E-state index contributed by atoms with van der Waals surface area (Å²) >= 11 is 5.98. The Balaban J connectivity index is 1.65. The van der Waals surface area contributed by atoms with Crippen molar-refractivity contribution in [3.63, 3.8) is 0 Å². The minimum Gasteiger partial charge on any atom is -0.481 e. The van der Waals surface area contributed by atoms with E-state index in [1.165, 1.54) is 0 Å². The number of amides is 1. The largest absolute Gasteiger partial charge is 0.481 e. The molecule has 2 fully saturated rings. The van der Waals surface area contributed by atoms with E-state index in [0.717, 1.165) is 18.4 Å². The fourth-order valence-electron chi connectivity index (χ4n) is 2.82. The summed E-state index contributed by atoms with van der Waals surface area (Å²) in [6.45, 7) is 0.